The normalized spacial score (nSPS) is 34.3. The number of esters is 1. The predicted octanol–water partition coefficient (Wildman–Crippen LogP) is 1.40. The molecule has 2 fully saturated rings. The standard InChI is InChI=1S/C17H26N3O8PS/c1-4-5-8-25-14(22)10(2)19-29(24)26-9-11-13(28-29)17(3,23)15(27-11)20-7-6-12(21)18-16(20)30/h6-7,10-11,13,15,23H,4-5,8-9H2,1-3H3,(H,19,24)(H,18,21,30)/t10-,11+,13?,15+,17+,29?/m0/s1. The largest absolute Gasteiger partial charge is 0.465 e. The second-order valence-electron chi connectivity index (χ2n) is 7.46. The lowest BCUT2D eigenvalue weighted by Gasteiger charge is -2.36. The van der Waals surface area contributed by atoms with E-state index in [4.69, 9.17) is 30.7 Å². The van der Waals surface area contributed by atoms with Crippen molar-refractivity contribution in [3.05, 3.63) is 27.4 Å². The number of carbonyl (C=O) groups is 1. The van der Waals surface area contributed by atoms with Gasteiger partial charge in [-0.25, -0.2) is 9.65 Å². The molecule has 2 aliphatic rings. The number of hydrogen-bond donors (Lipinski definition) is 3. The fourth-order valence-electron chi connectivity index (χ4n) is 3.30. The number of hydrogen-bond acceptors (Lipinski definition) is 9. The zero-order chi connectivity index (χ0) is 22.1. The minimum atomic E-state index is -3.93. The molecule has 1 aromatic rings. The molecule has 6 atom stereocenters. The van der Waals surface area contributed by atoms with Gasteiger partial charge >= 0.3 is 13.7 Å². The Morgan fingerprint density at radius 2 is 2.33 bits per heavy atom. The van der Waals surface area contributed by atoms with Crippen molar-refractivity contribution in [1.82, 2.24) is 14.6 Å². The van der Waals surface area contributed by atoms with E-state index in [1.165, 1.54) is 30.7 Å². The highest BCUT2D eigenvalue weighted by Crippen LogP contribution is 2.55. The van der Waals surface area contributed by atoms with Gasteiger partial charge in [-0.3, -0.25) is 28.2 Å². The van der Waals surface area contributed by atoms with Gasteiger partial charge in [0.25, 0.3) is 5.56 Å². The highest BCUT2D eigenvalue weighted by Gasteiger charge is 2.59. The Morgan fingerprint density at radius 3 is 3.00 bits per heavy atom. The Balaban J connectivity index is 1.73. The van der Waals surface area contributed by atoms with Crippen molar-refractivity contribution in [3.8, 4) is 0 Å². The molecule has 2 aliphatic heterocycles. The first kappa shape index (κ1) is 23.3. The zero-order valence-corrected chi connectivity index (χ0v) is 18.6. The molecular formula is C17H26N3O8PS. The fraction of sp³-hybridized carbons (Fsp3) is 0.706. The first-order chi connectivity index (χ1) is 14.1. The van der Waals surface area contributed by atoms with Crippen LogP contribution in [0.3, 0.4) is 0 Å². The van der Waals surface area contributed by atoms with Gasteiger partial charge in [-0.1, -0.05) is 13.3 Å². The number of ether oxygens (including phenoxy) is 2. The lowest BCUT2D eigenvalue weighted by Crippen LogP contribution is -2.49. The Labute approximate surface area is 178 Å². The van der Waals surface area contributed by atoms with Gasteiger partial charge in [-0.15, -0.1) is 0 Å². The van der Waals surface area contributed by atoms with Crippen LogP contribution < -0.4 is 10.6 Å². The van der Waals surface area contributed by atoms with Gasteiger partial charge in [0.05, 0.1) is 13.2 Å². The molecule has 168 valence electrons. The van der Waals surface area contributed by atoms with Gasteiger partial charge in [-0.05, 0) is 32.5 Å². The molecule has 2 unspecified atom stereocenters. The average Bonchev–Trinajstić information content (AvgIpc) is 2.92. The fourth-order valence-corrected chi connectivity index (χ4v) is 5.33. The molecule has 0 bridgehead atoms. The smallest absolute Gasteiger partial charge is 0.406 e. The lowest BCUT2D eigenvalue weighted by molar-refractivity contribution is -0.145. The Hall–Kier alpha value is -1.40. The summed E-state index contributed by atoms with van der Waals surface area (Å²) in [5.41, 5.74) is -2.05. The molecule has 2 saturated heterocycles. The van der Waals surface area contributed by atoms with Crippen molar-refractivity contribution in [3.63, 3.8) is 0 Å². The average molecular weight is 463 g/mol. The monoisotopic (exact) mass is 463 g/mol. The third-order valence-electron chi connectivity index (χ3n) is 4.93. The summed E-state index contributed by atoms with van der Waals surface area (Å²) in [6.07, 6.45) is 0.204. The van der Waals surface area contributed by atoms with Crippen LogP contribution in [0.15, 0.2) is 17.1 Å². The van der Waals surface area contributed by atoms with E-state index in [1.54, 1.807) is 0 Å². The summed E-state index contributed by atoms with van der Waals surface area (Å²) < 4.78 is 36.4. The molecule has 0 spiro atoms. The summed E-state index contributed by atoms with van der Waals surface area (Å²) >= 11 is 5.14. The van der Waals surface area contributed by atoms with Crippen LogP contribution >= 0.6 is 20.0 Å². The van der Waals surface area contributed by atoms with Crippen molar-refractivity contribution in [2.75, 3.05) is 13.2 Å². The summed E-state index contributed by atoms with van der Waals surface area (Å²) in [4.78, 5) is 25.9. The number of nitrogens with zero attached hydrogens (tertiary/aromatic N) is 1. The molecular weight excluding hydrogens is 437 g/mol. The van der Waals surface area contributed by atoms with Crippen LogP contribution in [-0.2, 0) is 27.9 Å². The van der Waals surface area contributed by atoms with Gasteiger partial charge in [0.15, 0.2) is 11.0 Å². The number of rotatable bonds is 7. The van der Waals surface area contributed by atoms with E-state index in [0.717, 1.165) is 12.8 Å². The molecule has 0 aromatic carbocycles. The van der Waals surface area contributed by atoms with Crippen molar-refractivity contribution in [2.45, 2.75) is 63.7 Å². The molecule has 0 saturated carbocycles. The second kappa shape index (κ2) is 8.99. The van der Waals surface area contributed by atoms with E-state index in [2.05, 4.69) is 10.1 Å². The number of aliphatic hydroxyl groups is 1. The van der Waals surface area contributed by atoms with E-state index >= 15 is 0 Å². The number of aromatic nitrogens is 2. The summed E-state index contributed by atoms with van der Waals surface area (Å²) in [6, 6.07) is 0.299. The maximum absolute atomic E-state index is 13.1. The third kappa shape index (κ3) is 4.75. The van der Waals surface area contributed by atoms with Gasteiger partial charge in [0, 0.05) is 12.3 Å². The summed E-state index contributed by atoms with van der Waals surface area (Å²) in [5.74, 6) is -0.583. The molecule has 1 aromatic heterocycles. The van der Waals surface area contributed by atoms with E-state index in [0.29, 0.717) is 0 Å². The molecule has 0 radical (unpaired) electrons. The van der Waals surface area contributed by atoms with Gasteiger partial charge in [-0.2, -0.15) is 0 Å². The SMILES string of the molecule is CCCCOC(=O)[C@H](C)NP1(=O)OC[C@H]2O[C@@H](n3ccc(=O)[nH]c3=S)[C@](C)(O)C2O1. The molecule has 30 heavy (non-hydrogen) atoms. The Bertz CT molecular complexity index is 947. The van der Waals surface area contributed by atoms with Gasteiger partial charge < -0.3 is 14.6 Å². The lowest BCUT2D eigenvalue weighted by atomic mass is 9.96. The number of carbonyl (C=O) groups excluding carboxylic acids is 1. The highest BCUT2D eigenvalue weighted by molar-refractivity contribution is 7.71. The minimum absolute atomic E-state index is 0.0529. The minimum Gasteiger partial charge on any atom is -0.465 e. The predicted molar refractivity (Wildman–Crippen MR) is 107 cm³/mol. The molecule has 0 amide bonds. The molecule has 11 nitrogen and oxygen atoms in total. The number of aromatic amines is 1. The van der Waals surface area contributed by atoms with Crippen LogP contribution in [0.25, 0.3) is 0 Å². The maximum Gasteiger partial charge on any atom is 0.406 e. The molecule has 3 N–H and O–H groups in total. The van der Waals surface area contributed by atoms with Crippen LogP contribution in [0.5, 0.6) is 0 Å². The molecule has 3 heterocycles. The number of nitrogens with one attached hydrogen (secondary N) is 2. The summed E-state index contributed by atoms with van der Waals surface area (Å²) in [5, 5.41) is 13.7. The van der Waals surface area contributed by atoms with E-state index < -0.39 is 43.8 Å². The summed E-state index contributed by atoms with van der Waals surface area (Å²) in [7, 11) is -3.93. The van der Waals surface area contributed by atoms with Crippen molar-refractivity contribution in [1.29, 1.82) is 0 Å². The Morgan fingerprint density at radius 1 is 1.60 bits per heavy atom. The van der Waals surface area contributed by atoms with Crippen LogP contribution in [0, 0.1) is 4.77 Å². The molecule has 3 rings (SSSR count). The topological polar surface area (TPSA) is 141 Å². The van der Waals surface area contributed by atoms with E-state index in [-0.39, 0.29) is 23.5 Å². The first-order valence-electron chi connectivity index (χ1n) is 9.64. The Kier molecular flexibility index (Phi) is 6.97. The van der Waals surface area contributed by atoms with Crippen LogP contribution in [0.1, 0.15) is 39.8 Å². The zero-order valence-electron chi connectivity index (χ0n) is 16.9. The van der Waals surface area contributed by atoms with Crippen LogP contribution in [0.2, 0.25) is 0 Å². The number of fused-ring (bicyclic) bond motifs is 1. The van der Waals surface area contributed by atoms with Crippen molar-refractivity contribution < 1.29 is 33.0 Å². The highest BCUT2D eigenvalue weighted by atomic mass is 32.1. The number of unbranched alkanes of at least 4 members (excludes halogenated alkanes) is 1. The van der Waals surface area contributed by atoms with Gasteiger partial charge in [0.1, 0.15) is 23.9 Å². The van der Waals surface area contributed by atoms with Crippen LogP contribution in [-0.4, -0.2) is 57.7 Å². The summed E-state index contributed by atoms with van der Waals surface area (Å²) in [6.45, 7) is 5.03. The quantitative estimate of drug-likeness (QED) is 0.235. The van der Waals surface area contributed by atoms with Crippen LogP contribution in [0.4, 0.5) is 0 Å². The van der Waals surface area contributed by atoms with Gasteiger partial charge in [0.2, 0.25) is 0 Å². The second-order valence-corrected chi connectivity index (χ2v) is 9.57. The number of H-pyrrole nitrogens is 1. The van der Waals surface area contributed by atoms with E-state index in [9.17, 15) is 19.3 Å². The molecule has 0 aliphatic carbocycles. The van der Waals surface area contributed by atoms with Crippen molar-refractivity contribution in [2.24, 2.45) is 0 Å². The third-order valence-corrected chi connectivity index (χ3v) is 6.94. The van der Waals surface area contributed by atoms with Crippen molar-refractivity contribution >= 4 is 25.9 Å². The first-order valence-corrected chi connectivity index (χ1v) is 11.6. The van der Waals surface area contributed by atoms with E-state index in [1.807, 2.05) is 6.92 Å². The molecule has 13 heteroatoms. The maximum atomic E-state index is 13.1.